The molecule has 8 rings (SSSR count). The van der Waals surface area contributed by atoms with Crippen molar-refractivity contribution in [1.82, 2.24) is 0 Å². The van der Waals surface area contributed by atoms with Gasteiger partial charge in [-0.15, -0.1) is 6.42 Å². The summed E-state index contributed by atoms with van der Waals surface area (Å²) >= 11 is 0. The largest absolute Gasteiger partial charge is 0.508 e. The molecule has 6 aromatic carbocycles. The predicted molar refractivity (Wildman–Crippen MR) is 221 cm³/mol. The first kappa shape index (κ1) is 37.2. The number of terminal acetylenes is 1. The van der Waals surface area contributed by atoms with Crippen LogP contribution in [-0.2, 0) is 0 Å². The summed E-state index contributed by atoms with van der Waals surface area (Å²) in [5, 5.41) is 16.5. The van der Waals surface area contributed by atoms with Gasteiger partial charge >= 0.3 is 0 Å². The maximum absolute atomic E-state index is 12.7. The number of carbonyl (C=O) groups excluding carboxylic acids is 2. The van der Waals surface area contributed by atoms with Crippen LogP contribution >= 0.6 is 0 Å². The summed E-state index contributed by atoms with van der Waals surface area (Å²) in [6.45, 7) is 0.0941. The van der Waals surface area contributed by atoms with E-state index >= 15 is 0 Å². The highest BCUT2D eigenvalue weighted by atomic mass is 16.5. The van der Waals surface area contributed by atoms with Crippen LogP contribution in [0.4, 0.5) is 11.4 Å². The maximum Gasteiger partial charge on any atom is 0.255 e. The van der Waals surface area contributed by atoms with Gasteiger partial charge in [-0.25, -0.2) is 0 Å². The van der Waals surface area contributed by atoms with Crippen LogP contribution in [0.25, 0.3) is 44.6 Å². The second-order valence-corrected chi connectivity index (χ2v) is 12.5. The Morgan fingerprint density at radius 1 is 0.579 bits per heavy atom. The fourth-order valence-electron chi connectivity index (χ4n) is 5.94. The van der Waals surface area contributed by atoms with E-state index in [0.717, 1.165) is 0 Å². The molecule has 2 aromatic heterocycles. The van der Waals surface area contributed by atoms with Crippen molar-refractivity contribution in [3.05, 3.63) is 189 Å². The molecule has 0 aliphatic carbocycles. The Hall–Kier alpha value is -8.16. The highest BCUT2D eigenvalue weighted by Gasteiger charge is 2.17. The topological polar surface area (TPSA) is 148 Å². The van der Waals surface area contributed by atoms with Gasteiger partial charge in [-0.1, -0.05) is 66.6 Å². The Morgan fingerprint density at radius 3 is 1.54 bits per heavy atom. The van der Waals surface area contributed by atoms with Crippen LogP contribution in [-0.4, -0.2) is 23.5 Å². The molecule has 0 fully saturated rings. The molecule has 0 saturated carbocycles. The van der Waals surface area contributed by atoms with Crippen LogP contribution in [0.2, 0.25) is 0 Å². The van der Waals surface area contributed by atoms with E-state index in [9.17, 15) is 24.3 Å². The molecule has 3 N–H and O–H groups in total. The normalized spacial score (nSPS) is 10.5. The van der Waals surface area contributed by atoms with Crippen molar-refractivity contribution in [3.8, 4) is 46.5 Å². The number of hydrogen-bond donors (Lipinski definition) is 3. The minimum Gasteiger partial charge on any atom is -0.508 e. The molecule has 0 unspecified atom stereocenters. The van der Waals surface area contributed by atoms with Crippen molar-refractivity contribution >= 4 is 45.1 Å². The van der Waals surface area contributed by atoms with Crippen molar-refractivity contribution in [2.24, 2.45) is 0 Å². The van der Waals surface area contributed by atoms with Crippen LogP contribution < -0.4 is 26.2 Å². The highest BCUT2D eigenvalue weighted by molar-refractivity contribution is 6.07. The Morgan fingerprint density at radius 2 is 1.04 bits per heavy atom. The number of ether oxygens (including phenoxy) is 1. The first-order chi connectivity index (χ1) is 27.8. The van der Waals surface area contributed by atoms with E-state index in [1.165, 1.54) is 24.3 Å². The molecule has 2 amide bonds. The molecule has 0 aliphatic rings. The van der Waals surface area contributed by atoms with Gasteiger partial charge < -0.3 is 29.3 Å². The SMILES string of the molecule is C#CCOc1ccc(NC(=O)c2ccccc2)c(-c2cc(=O)c3ccccc3o2)c1.O=C(Nc1ccc(O)cc1-c1cc(=O)c2ccccc2o1)c1ccccc1. The molecule has 0 radical (unpaired) electrons. The number of nitrogens with one attached hydrogen (secondary N) is 2. The minimum atomic E-state index is -0.300. The van der Waals surface area contributed by atoms with E-state index in [-0.39, 0.29) is 40.8 Å². The smallest absolute Gasteiger partial charge is 0.255 e. The van der Waals surface area contributed by atoms with Crippen LogP contribution in [0.3, 0.4) is 0 Å². The molecule has 0 saturated heterocycles. The molecule has 278 valence electrons. The van der Waals surface area contributed by atoms with Crippen molar-refractivity contribution in [3.63, 3.8) is 0 Å². The number of aromatic hydroxyl groups is 1. The van der Waals surface area contributed by atoms with Crippen molar-refractivity contribution in [2.75, 3.05) is 17.2 Å². The molecule has 10 nitrogen and oxygen atoms in total. The summed E-state index contributed by atoms with van der Waals surface area (Å²) in [5.74, 6) is 2.90. The fourth-order valence-corrected chi connectivity index (χ4v) is 5.94. The van der Waals surface area contributed by atoms with Crippen LogP contribution in [0.1, 0.15) is 20.7 Å². The Labute approximate surface area is 325 Å². The third-order valence-corrected chi connectivity index (χ3v) is 8.68. The number of phenols is 1. The summed E-state index contributed by atoms with van der Waals surface area (Å²) in [7, 11) is 0. The van der Waals surface area contributed by atoms with Crippen LogP contribution in [0.5, 0.6) is 11.5 Å². The average Bonchev–Trinajstić information content (AvgIpc) is 3.24. The molecule has 0 bridgehead atoms. The molecule has 0 aliphatic heterocycles. The van der Waals surface area contributed by atoms with Gasteiger partial charge in [0.2, 0.25) is 0 Å². The Kier molecular flexibility index (Phi) is 11.0. The predicted octanol–water partition coefficient (Wildman–Crippen LogP) is 9.14. The zero-order valence-corrected chi connectivity index (χ0v) is 30.1. The molecule has 0 atom stereocenters. The van der Waals surface area contributed by atoms with E-state index in [0.29, 0.717) is 67.1 Å². The van der Waals surface area contributed by atoms with Gasteiger partial charge in [0.05, 0.1) is 22.1 Å². The number of hydrogen-bond acceptors (Lipinski definition) is 8. The molecule has 8 aromatic rings. The minimum absolute atomic E-state index is 0.00137. The van der Waals surface area contributed by atoms with Gasteiger partial charge in [0.25, 0.3) is 11.8 Å². The van der Waals surface area contributed by atoms with Crippen molar-refractivity contribution < 1.29 is 28.3 Å². The number of fused-ring (bicyclic) bond motifs is 2. The molecule has 0 spiro atoms. The van der Waals surface area contributed by atoms with Gasteiger partial charge in [0.1, 0.15) is 40.8 Å². The van der Waals surface area contributed by atoms with E-state index in [1.807, 2.05) is 12.1 Å². The first-order valence-corrected chi connectivity index (χ1v) is 17.6. The number of para-hydroxylation sites is 2. The van der Waals surface area contributed by atoms with Gasteiger partial charge in [-0.2, -0.15) is 0 Å². The Balaban J connectivity index is 0.000000175. The van der Waals surface area contributed by atoms with E-state index in [1.54, 1.807) is 121 Å². The lowest BCUT2D eigenvalue weighted by Crippen LogP contribution is -2.13. The second kappa shape index (κ2) is 16.9. The zero-order chi connectivity index (χ0) is 39.7. The standard InChI is InChI=1S/C25H17NO4.C22H15NO4/c1-2-14-29-18-12-13-21(26-25(28)17-8-4-3-5-9-17)20(15-18)24-16-22(27)19-10-6-7-11-23(19)30-24;24-15-10-11-18(23-22(26)14-6-2-1-3-7-14)17(12-15)21-13-19(25)16-8-4-5-9-20(16)27-21/h1,3-13,15-16H,14H2,(H,26,28);1-13,24H,(H,23,26). The van der Waals surface area contributed by atoms with Gasteiger partial charge in [-0.3, -0.25) is 19.2 Å². The first-order valence-electron chi connectivity index (χ1n) is 17.6. The quantitative estimate of drug-likeness (QED) is 0.103. The third-order valence-electron chi connectivity index (χ3n) is 8.68. The number of rotatable bonds is 8. The number of amides is 2. The molecule has 10 heteroatoms. The summed E-state index contributed by atoms with van der Waals surface area (Å²) in [6, 6.07) is 43.9. The Bertz CT molecular complexity index is 2910. The summed E-state index contributed by atoms with van der Waals surface area (Å²) in [5.41, 5.74) is 3.36. The molecular weight excluding hydrogens is 721 g/mol. The van der Waals surface area contributed by atoms with Gasteiger partial charge in [-0.05, 0) is 84.9 Å². The number of carbonyl (C=O) groups is 2. The molecule has 2 heterocycles. The summed E-state index contributed by atoms with van der Waals surface area (Å²) < 4.78 is 17.3. The number of benzene rings is 6. The second-order valence-electron chi connectivity index (χ2n) is 12.5. The number of phenolic OH excluding ortho intramolecular Hbond substituents is 1. The number of anilines is 2. The van der Waals surface area contributed by atoms with E-state index < -0.39 is 0 Å². The van der Waals surface area contributed by atoms with E-state index in [2.05, 4.69) is 16.6 Å². The average molecular weight is 753 g/mol. The van der Waals surface area contributed by atoms with Crippen LogP contribution in [0.15, 0.2) is 176 Å². The van der Waals surface area contributed by atoms with Gasteiger partial charge in [0.15, 0.2) is 10.9 Å². The van der Waals surface area contributed by atoms with Crippen LogP contribution in [0, 0.1) is 12.3 Å². The lowest BCUT2D eigenvalue weighted by atomic mass is 10.1. The maximum atomic E-state index is 12.7. The van der Waals surface area contributed by atoms with Gasteiger partial charge in [0, 0.05) is 34.4 Å². The van der Waals surface area contributed by atoms with Crippen molar-refractivity contribution in [1.29, 1.82) is 0 Å². The van der Waals surface area contributed by atoms with E-state index in [4.69, 9.17) is 20.0 Å². The molecule has 57 heavy (non-hydrogen) atoms. The van der Waals surface area contributed by atoms with Crippen molar-refractivity contribution in [2.45, 2.75) is 0 Å². The fraction of sp³-hybridized carbons (Fsp3) is 0.0213. The zero-order valence-electron chi connectivity index (χ0n) is 30.1. The third kappa shape index (κ3) is 8.64. The highest BCUT2D eigenvalue weighted by Crippen LogP contribution is 2.34. The summed E-state index contributed by atoms with van der Waals surface area (Å²) in [4.78, 5) is 50.2. The lowest BCUT2D eigenvalue weighted by Gasteiger charge is -2.13. The summed E-state index contributed by atoms with van der Waals surface area (Å²) in [6.07, 6.45) is 5.28. The molecular formula is C47H32N2O8. The monoisotopic (exact) mass is 752 g/mol. The lowest BCUT2D eigenvalue weighted by molar-refractivity contribution is 0.101.